The Bertz CT molecular complexity index is 980. The van der Waals surface area contributed by atoms with E-state index in [4.69, 9.17) is 4.74 Å². The van der Waals surface area contributed by atoms with Crippen LogP contribution in [0.2, 0.25) is 0 Å². The average molecular weight is 401 g/mol. The van der Waals surface area contributed by atoms with Crippen molar-refractivity contribution >= 4 is 15.9 Å². The fraction of sp³-hybridized carbons (Fsp3) is 0.400. The van der Waals surface area contributed by atoms with Gasteiger partial charge in [0.05, 0.1) is 31.2 Å². The summed E-state index contributed by atoms with van der Waals surface area (Å²) >= 11 is 0. The van der Waals surface area contributed by atoms with Crippen molar-refractivity contribution in [2.45, 2.75) is 6.04 Å². The number of pyridine rings is 1. The number of ether oxygens (including phenoxy) is 1. The summed E-state index contributed by atoms with van der Waals surface area (Å²) in [6.45, 7) is 1.48. The molecule has 3 atom stereocenters. The van der Waals surface area contributed by atoms with Crippen molar-refractivity contribution in [3.63, 3.8) is 0 Å². The number of aromatic nitrogens is 1. The summed E-state index contributed by atoms with van der Waals surface area (Å²) in [7, 11) is -1.83. The first kappa shape index (κ1) is 18.9. The number of carbonyl (C=O) groups is 1. The molecule has 148 valence electrons. The number of rotatable bonds is 4. The van der Waals surface area contributed by atoms with E-state index in [1.807, 2.05) is 35.2 Å². The maximum atomic E-state index is 13.1. The first-order chi connectivity index (χ1) is 13.4. The monoisotopic (exact) mass is 401 g/mol. The Kier molecular flexibility index (Phi) is 4.84. The second-order valence-corrected chi connectivity index (χ2v) is 9.33. The topological polar surface area (TPSA) is 79.8 Å². The van der Waals surface area contributed by atoms with Gasteiger partial charge in [-0.2, -0.15) is 4.31 Å². The molecule has 1 amide bonds. The third-order valence-electron chi connectivity index (χ3n) is 5.71. The van der Waals surface area contributed by atoms with Gasteiger partial charge in [0, 0.05) is 31.7 Å². The molecule has 0 radical (unpaired) electrons. The van der Waals surface area contributed by atoms with Crippen molar-refractivity contribution in [2.24, 2.45) is 11.8 Å². The van der Waals surface area contributed by atoms with Crippen LogP contribution >= 0.6 is 0 Å². The van der Waals surface area contributed by atoms with Crippen LogP contribution in [0, 0.1) is 11.8 Å². The molecule has 0 unspecified atom stereocenters. The molecule has 0 saturated carbocycles. The molecule has 1 aromatic carbocycles. The van der Waals surface area contributed by atoms with Crippen LogP contribution < -0.4 is 4.74 Å². The lowest BCUT2D eigenvalue weighted by atomic mass is 9.90. The van der Waals surface area contributed by atoms with Gasteiger partial charge in [-0.1, -0.05) is 30.3 Å². The van der Waals surface area contributed by atoms with E-state index < -0.39 is 10.0 Å². The van der Waals surface area contributed by atoms with Crippen molar-refractivity contribution < 1.29 is 17.9 Å². The summed E-state index contributed by atoms with van der Waals surface area (Å²) in [6.07, 6.45) is 4.36. The number of hydrogen-bond donors (Lipinski definition) is 0. The molecule has 2 aromatic rings. The molecule has 7 nitrogen and oxygen atoms in total. The van der Waals surface area contributed by atoms with E-state index in [9.17, 15) is 13.2 Å². The quantitative estimate of drug-likeness (QED) is 0.780. The van der Waals surface area contributed by atoms with Crippen molar-refractivity contribution in [1.29, 1.82) is 0 Å². The number of sulfonamides is 1. The summed E-state index contributed by atoms with van der Waals surface area (Å²) < 4.78 is 31.6. The maximum absolute atomic E-state index is 13.1. The van der Waals surface area contributed by atoms with E-state index in [1.165, 1.54) is 19.6 Å². The van der Waals surface area contributed by atoms with Crippen LogP contribution in [0.25, 0.3) is 0 Å². The van der Waals surface area contributed by atoms with Crippen molar-refractivity contribution in [1.82, 2.24) is 14.2 Å². The molecule has 4 rings (SSSR count). The standard InChI is InChI=1S/C20H23N3O4S/c1-27-18-10-21-9-8-16(18)20(24)22-11-15-12-23(28(2,25)26)19(17(15)13-22)14-6-4-3-5-7-14/h3-10,15,17,19H,11-13H2,1-2H3/t15-,17-,19+/m1/s1. The number of methoxy groups -OCH3 is 1. The maximum Gasteiger partial charge on any atom is 0.257 e. The Morgan fingerprint density at radius 2 is 1.89 bits per heavy atom. The highest BCUT2D eigenvalue weighted by atomic mass is 32.2. The highest BCUT2D eigenvalue weighted by Gasteiger charge is 2.51. The molecule has 0 aliphatic carbocycles. The number of hydrogen-bond acceptors (Lipinski definition) is 5. The summed E-state index contributed by atoms with van der Waals surface area (Å²) in [5.74, 6) is 0.513. The van der Waals surface area contributed by atoms with Crippen molar-refractivity contribution in [3.8, 4) is 5.75 Å². The van der Waals surface area contributed by atoms with Gasteiger partial charge in [-0.3, -0.25) is 9.78 Å². The molecule has 3 heterocycles. The summed E-state index contributed by atoms with van der Waals surface area (Å²) in [6, 6.07) is 11.1. The fourth-order valence-corrected chi connectivity index (χ4v) is 5.62. The minimum absolute atomic E-state index is 0.0638. The predicted octanol–water partition coefficient (Wildman–Crippen LogP) is 1.79. The summed E-state index contributed by atoms with van der Waals surface area (Å²) in [5, 5.41) is 0. The Morgan fingerprint density at radius 3 is 2.57 bits per heavy atom. The van der Waals surface area contributed by atoms with E-state index in [2.05, 4.69) is 4.98 Å². The molecule has 2 saturated heterocycles. The third kappa shape index (κ3) is 3.27. The molecular weight excluding hydrogens is 378 g/mol. The minimum Gasteiger partial charge on any atom is -0.494 e. The van der Waals surface area contributed by atoms with Gasteiger partial charge in [-0.05, 0) is 17.5 Å². The lowest BCUT2D eigenvalue weighted by Gasteiger charge is -2.28. The highest BCUT2D eigenvalue weighted by molar-refractivity contribution is 7.88. The minimum atomic E-state index is -3.34. The largest absolute Gasteiger partial charge is 0.494 e. The zero-order valence-corrected chi connectivity index (χ0v) is 16.7. The Balaban J connectivity index is 1.63. The molecule has 2 aliphatic rings. The second-order valence-electron chi connectivity index (χ2n) is 7.40. The smallest absolute Gasteiger partial charge is 0.257 e. The number of likely N-dealkylation sites (tertiary alicyclic amines) is 1. The molecule has 2 aliphatic heterocycles. The van der Waals surface area contributed by atoms with Crippen LogP contribution in [0.3, 0.4) is 0 Å². The lowest BCUT2D eigenvalue weighted by Crippen LogP contribution is -2.37. The van der Waals surface area contributed by atoms with E-state index in [1.54, 1.807) is 16.6 Å². The van der Waals surface area contributed by atoms with Crippen LogP contribution in [0.5, 0.6) is 5.75 Å². The van der Waals surface area contributed by atoms with E-state index >= 15 is 0 Å². The normalized spacial score (nSPS) is 24.9. The predicted molar refractivity (Wildman–Crippen MR) is 104 cm³/mol. The van der Waals surface area contributed by atoms with Gasteiger partial charge in [-0.25, -0.2) is 8.42 Å². The zero-order chi connectivity index (χ0) is 19.9. The van der Waals surface area contributed by atoms with Gasteiger partial charge in [0.2, 0.25) is 10.0 Å². The first-order valence-electron chi connectivity index (χ1n) is 9.19. The van der Waals surface area contributed by atoms with Gasteiger partial charge in [0.1, 0.15) is 5.75 Å². The molecule has 8 heteroatoms. The molecule has 0 bridgehead atoms. The Hall–Kier alpha value is -2.45. The molecule has 1 aromatic heterocycles. The van der Waals surface area contributed by atoms with E-state index in [0.717, 1.165) is 5.56 Å². The molecule has 28 heavy (non-hydrogen) atoms. The molecular formula is C20H23N3O4S. The van der Waals surface area contributed by atoms with Crippen molar-refractivity contribution in [2.75, 3.05) is 33.0 Å². The Morgan fingerprint density at radius 1 is 1.14 bits per heavy atom. The van der Waals surface area contributed by atoms with Gasteiger partial charge in [0.15, 0.2) is 0 Å². The molecule has 0 N–H and O–H groups in total. The average Bonchev–Trinajstić information content (AvgIpc) is 3.26. The number of fused-ring (bicyclic) bond motifs is 1. The van der Waals surface area contributed by atoms with Crippen LogP contribution in [0.15, 0.2) is 48.8 Å². The highest BCUT2D eigenvalue weighted by Crippen LogP contribution is 2.46. The van der Waals surface area contributed by atoms with Gasteiger partial charge in [-0.15, -0.1) is 0 Å². The van der Waals surface area contributed by atoms with Crippen molar-refractivity contribution in [3.05, 3.63) is 59.9 Å². The van der Waals surface area contributed by atoms with Gasteiger partial charge >= 0.3 is 0 Å². The van der Waals surface area contributed by atoms with Gasteiger partial charge in [0.25, 0.3) is 5.91 Å². The number of amides is 1. The number of benzene rings is 1. The zero-order valence-electron chi connectivity index (χ0n) is 15.9. The van der Waals surface area contributed by atoms with Crippen LogP contribution in [-0.4, -0.2) is 61.5 Å². The summed E-state index contributed by atoms with van der Waals surface area (Å²) in [4.78, 5) is 18.9. The van der Waals surface area contributed by atoms with Gasteiger partial charge < -0.3 is 9.64 Å². The molecule has 2 fully saturated rings. The third-order valence-corrected chi connectivity index (χ3v) is 6.94. The second kappa shape index (κ2) is 7.18. The number of carbonyl (C=O) groups excluding carboxylic acids is 1. The fourth-order valence-electron chi connectivity index (χ4n) is 4.47. The van der Waals surface area contributed by atoms with E-state index in [0.29, 0.717) is 30.9 Å². The van der Waals surface area contributed by atoms with Crippen LogP contribution in [0.1, 0.15) is 22.0 Å². The first-order valence-corrected chi connectivity index (χ1v) is 11.0. The SMILES string of the molecule is COc1cnccc1C(=O)N1C[C@@H]2CN(S(C)(=O)=O)[C@@H](c3ccccc3)[C@@H]2C1. The summed E-state index contributed by atoms with van der Waals surface area (Å²) in [5.41, 5.74) is 1.45. The lowest BCUT2D eigenvalue weighted by molar-refractivity contribution is 0.0770. The van der Waals surface area contributed by atoms with Crippen LogP contribution in [-0.2, 0) is 10.0 Å². The Labute approximate surface area is 165 Å². The van der Waals surface area contributed by atoms with Crippen LogP contribution in [0.4, 0.5) is 0 Å². The van der Waals surface area contributed by atoms with E-state index in [-0.39, 0.29) is 23.8 Å². The molecule has 0 spiro atoms. The number of nitrogens with zero attached hydrogens (tertiary/aromatic N) is 3.